The lowest BCUT2D eigenvalue weighted by atomic mass is 10.2. The predicted molar refractivity (Wildman–Crippen MR) is 40.5 cm³/mol. The Balaban J connectivity index is 2.27. The lowest BCUT2D eigenvalue weighted by Gasteiger charge is -2.11. The second-order valence-electron chi connectivity index (χ2n) is 2.65. The van der Waals surface area contributed by atoms with Crippen LogP contribution in [-0.2, 0) is 4.79 Å². The highest BCUT2D eigenvalue weighted by molar-refractivity contribution is 7.80. The van der Waals surface area contributed by atoms with Crippen molar-refractivity contribution in [2.75, 3.05) is 6.54 Å². The molecule has 1 amide bonds. The van der Waals surface area contributed by atoms with Crippen LogP contribution in [0.1, 0.15) is 12.8 Å². The Bertz CT molecular complexity index is 184. The van der Waals surface area contributed by atoms with Crippen LogP contribution in [-0.4, -0.2) is 28.5 Å². The summed E-state index contributed by atoms with van der Waals surface area (Å²) in [5, 5.41) is 3.26. The zero-order valence-electron chi connectivity index (χ0n) is 5.46. The van der Waals surface area contributed by atoms with Gasteiger partial charge < -0.3 is 10.2 Å². The predicted octanol–water partition coefficient (Wildman–Crippen LogP) is -0.135. The van der Waals surface area contributed by atoms with Gasteiger partial charge in [0.05, 0.1) is 0 Å². The second-order valence-corrected chi connectivity index (χ2v) is 3.03. The van der Waals surface area contributed by atoms with Crippen LogP contribution in [0.2, 0.25) is 0 Å². The average Bonchev–Trinajstić information content (AvgIpc) is 2.39. The van der Waals surface area contributed by atoms with E-state index in [2.05, 4.69) is 5.32 Å². The number of nitrogens with one attached hydrogen (secondary N) is 1. The third-order valence-corrected chi connectivity index (χ3v) is 2.38. The SMILES string of the molecule is O=C1NC(=S)N2CCC[C@@H]12. The highest BCUT2D eigenvalue weighted by atomic mass is 32.1. The highest BCUT2D eigenvalue weighted by Crippen LogP contribution is 2.21. The van der Waals surface area contributed by atoms with Crippen LogP contribution in [0.15, 0.2) is 0 Å². The Morgan fingerprint density at radius 2 is 2.50 bits per heavy atom. The molecule has 0 spiro atoms. The van der Waals surface area contributed by atoms with Crippen LogP contribution >= 0.6 is 12.2 Å². The maximum atomic E-state index is 11.0. The molecule has 0 radical (unpaired) electrons. The van der Waals surface area contributed by atoms with Gasteiger partial charge in [-0.1, -0.05) is 0 Å². The summed E-state index contributed by atoms with van der Waals surface area (Å²) in [6.45, 7) is 0.947. The van der Waals surface area contributed by atoms with Gasteiger partial charge in [-0.2, -0.15) is 0 Å². The van der Waals surface area contributed by atoms with E-state index in [0.29, 0.717) is 5.11 Å². The van der Waals surface area contributed by atoms with Gasteiger partial charge in [-0.25, -0.2) is 0 Å². The fourth-order valence-corrected chi connectivity index (χ4v) is 1.86. The maximum absolute atomic E-state index is 11.0. The van der Waals surface area contributed by atoms with Crippen molar-refractivity contribution in [1.82, 2.24) is 10.2 Å². The van der Waals surface area contributed by atoms with Gasteiger partial charge in [-0.05, 0) is 25.1 Å². The third kappa shape index (κ3) is 0.653. The van der Waals surface area contributed by atoms with Crippen molar-refractivity contribution in [3.63, 3.8) is 0 Å². The molecule has 1 N–H and O–H groups in total. The molecule has 0 aromatic carbocycles. The molecule has 0 saturated carbocycles. The van der Waals surface area contributed by atoms with Gasteiger partial charge >= 0.3 is 0 Å². The molecule has 0 unspecified atom stereocenters. The fourth-order valence-electron chi connectivity index (χ4n) is 1.54. The summed E-state index contributed by atoms with van der Waals surface area (Å²) in [6.07, 6.45) is 2.06. The summed E-state index contributed by atoms with van der Waals surface area (Å²) in [7, 11) is 0. The van der Waals surface area contributed by atoms with Crippen molar-refractivity contribution in [3.8, 4) is 0 Å². The fraction of sp³-hybridized carbons (Fsp3) is 0.667. The van der Waals surface area contributed by atoms with Gasteiger partial charge in [0.15, 0.2) is 5.11 Å². The molecule has 2 aliphatic heterocycles. The Morgan fingerprint density at radius 1 is 1.70 bits per heavy atom. The molecule has 4 heteroatoms. The molecule has 2 fully saturated rings. The minimum absolute atomic E-state index is 0.0625. The molecule has 0 aliphatic carbocycles. The summed E-state index contributed by atoms with van der Waals surface area (Å²) >= 11 is 4.93. The Labute approximate surface area is 64.4 Å². The van der Waals surface area contributed by atoms with Gasteiger partial charge in [0.25, 0.3) is 0 Å². The molecule has 3 nitrogen and oxygen atoms in total. The van der Waals surface area contributed by atoms with Crippen LogP contribution in [0.25, 0.3) is 0 Å². The van der Waals surface area contributed by atoms with Crippen molar-refractivity contribution in [2.24, 2.45) is 0 Å². The first-order valence-corrected chi connectivity index (χ1v) is 3.81. The molecule has 0 aromatic rings. The van der Waals surface area contributed by atoms with E-state index in [1.54, 1.807) is 0 Å². The van der Waals surface area contributed by atoms with Crippen molar-refractivity contribution in [2.45, 2.75) is 18.9 Å². The lowest BCUT2D eigenvalue weighted by molar-refractivity contribution is -0.120. The lowest BCUT2D eigenvalue weighted by Crippen LogP contribution is -2.28. The topological polar surface area (TPSA) is 32.3 Å². The first kappa shape index (κ1) is 6.09. The maximum Gasteiger partial charge on any atom is 0.248 e. The van der Waals surface area contributed by atoms with Gasteiger partial charge in [-0.3, -0.25) is 4.79 Å². The highest BCUT2D eigenvalue weighted by Gasteiger charge is 2.38. The van der Waals surface area contributed by atoms with Gasteiger partial charge in [0.2, 0.25) is 5.91 Å². The van der Waals surface area contributed by atoms with Crippen LogP contribution in [0, 0.1) is 0 Å². The third-order valence-electron chi connectivity index (χ3n) is 2.05. The number of fused-ring (bicyclic) bond motifs is 1. The number of carbonyl (C=O) groups is 1. The van der Waals surface area contributed by atoms with Crippen LogP contribution < -0.4 is 5.32 Å². The van der Waals surface area contributed by atoms with E-state index >= 15 is 0 Å². The number of hydrogen-bond donors (Lipinski definition) is 1. The molecule has 54 valence electrons. The van der Waals surface area contributed by atoms with Crippen molar-refractivity contribution in [3.05, 3.63) is 0 Å². The summed E-state index contributed by atoms with van der Waals surface area (Å²) in [5.74, 6) is 0.0856. The molecule has 1 atom stereocenters. The van der Waals surface area contributed by atoms with Crippen LogP contribution in [0.5, 0.6) is 0 Å². The number of carbonyl (C=O) groups excluding carboxylic acids is 1. The summed E-state index contributed by atoms with van der Waals surface area (Å²) in [4.78, 5) is 13.0. The first-order chi connectivity index (χ1) is 4.79. The van der Waals surface area contributed by atoms with Crippen LogP contribution in [0.4, 0.5) is 0 Å². The molecule has 2 heterocycles. The van der Waals surface area contributed by atoms with Crippen LogP contribution in [0.3, 0.4) is 0 Å². The van der Waals surface area contributed by atoms with E-state index in [9.17, 15) is 4.79 Å². The molecule has 0 bridgehead atoms. The second kappa shape index (κ2) is 1.92. The first-order valence-electron chi connectivity index (χ1n) is 3.40. The number of hydrogen-bond acceptors (Lipinski definition) is 2. The number of amides is 1. The van der Waals surface area contributed by atoms with Gasteiger partial charge in [0, 0.05) is 6.54 Å². The zero-order chi connectivity index (χ0) is 7.14. The van der Waals surface area contributed by atoms with Crippen molar-refractivity contribution in [1.29, 1.82) is 0 Å². The largest absolute Gasteiger partial charge is 0.337 e. The quantitative estimate of drug-likeness (QED) is 0.496. The Morgan fingerprint density at radius 3 is 3.20 bits per heavy atom. The number of rotatable bonds is 0. The van der Waals surface area contributed by atoms with E-state index in [1.165, 1.54) is 0 Å². The summed E-state index contributed by atoms with van der Waals surface area (Å²) < 4.78 is 0. The molecule has 2 saturated heterocycles. The van der Waals surface area contributed by atoms with Gasteiger partial charge in [-0.15, -0.1) is 0 Å². The van der Waals surface area contributed by atoms with E-state index < -0.39 is 0 Å². The molecule has 2 aliphatic rings. The molecule has 10 heavy (non-hydrogen) atoms. The van der Waals surface area contributed by atoms with Crippen molar-refractivity contribution >= 4 is 23.2 Å². The Hall–Kier alpha value is -0.640. The standard InChI is InChI=1S/C6H8N2OS/c9-5-4-2-1-3-8(4)6(10)7-5/h4H,1-3H2,(H,7,9,10)/t4-/m0/s1. The number of thiocarbonyl (C=S) groups is 1. The summed E-state index contributed by atoms with van der Waals surface area (Å²) in [6, 6.07) is 0.0625. The Kier molecular flexibility index (Phi) is 1.17. The van der Waals surface area contributed by atoms with E-state index in [1.807, 2.05) is 4.90 Å². The molecular formula is C6H8N2OS. The van der Waals surface area contributed by atoms with Gasteiger partial charge in [0.1, 0.15) is 6.04 Å². The average molecular weight is 156 g/mol. The monoisotopic (exact) mass is 156 g/mol. The smallest absolute Gasteiger partial charge is 0.248 e. The van der Waals surface area contributed by atoms with E-state index in [-0.39, 0.29) is 11.9 Å². The number of nitrogens with zero attached hydrogens (tertiary/aromatic N) is 1. The molecular weight excluding hydrogens is 148 g/mol. The van der Waals surface area contributed by atoms with E-state index in [4.69, 9.17) is 12.2 Å². The normalized spacial score (nSPS) is 30.8. The van der Waals surface area contributed by atoms with Crippen molar-refractivity contribution < 1.29 is 4.79 Å². The zero-order valence-corrected chi connectivity index (χ0v) is 6.28. The molecule has 2 rings (SSSR count). The summed E-state index contributed by atoms with van der Waals surface area (Å²) in [5.41, 5.74) is 0. The van der Waals surface area contributed by atoms with E-state index in [0.717, 1.165) is 19.4 Å². The minimum Gasteiger partial charge on any atom is -0.337 e. The minimum atomic E-state index is 0.0625. The molecule has 0 aromatic heterocycles.